The first-order valence-electron chi connectivity index (χ1n) is 6.91. The van der Waals surface area contributed by atoms with E-state index in [0.717, 1.165) is 12.5 Å². The molecular formula is C16H22BrN. The Morgan fingerprint density at radius 2 is 2.00 bits per heavy atom. The first-order chi connectivity index (χ1) is 8.81. The maximum absolute atomic E-state index is 3.63. The van der Waals surface area contributed by atoms with Gasteiger partial charge in [-0.3, -0.25) is 0 Å². The third-order valence-electron chi connectivity index (χ3n) is 3.76. The fourth-order valence-electron chi connectivity index (χ4n) is 2.78. The van der Waals surface area contributed by atoms with Crippen LogP contribution in [-0.2, 0) is 0 Å². The highest BCUT2D eigenvalue weighted by atomic mass is 79.9. The molecule has 1 aromatic carbocycles. The van der Waals surface area contributed by atoms with Gasteiger partial charge in [0.1, 0.15) is 0 Å². The van der Waals surface area contributed by atoms with E-state index in [9.17, 15) is 0 Å². The van der Waals surface area contributed by atoms with E-state index in [0.29, 0.717) is 0 Å². The molecule has 0 aliphatic heterocycles. The molecule has 0 saturated heterocycles. The van der Waals surface area contributed by atoms with E-state index in [4.69, 9.17) is 0 Å². The van der Waals surface area contributed by atoms with Crippen molar-refractivity contribution in [2.24, 2.45) is 5.92 Å². The van der Waals surface area contributed by atoms with Crippen LogP contribution in [0.5, 0.6) is 0 Å². The average molecular weight is 308 g/mol. The molecule has 1 fully saturated rings. The first-order valence-corrected chi connectivity index (χ1v) is 7.70. The van der Waals surface area contributed by atoms with Crippen molar-refractivity contribution in [1.82, 2.24) is 5.32 Å². The number of benzene rings is 1. The minimum absolute atomic E-state index is 0.776. The van der Waals surface area contributed by atoms with E-state index >= 15 is 0 Å². The van der Waals surface area contributed by atoms with Crippen LogP contribution < -0.4 is 5.32 Å². The molecule has 0 radical (unpaired) electrons. The van der Waals surface area contributed by atoms with Crippen LogP contribution in [0.4, 0.5) is 0 Å². The van der Waals surface area contributed by atoms with Crippen LogP contribution >= 0.6 is 15.9 Å². The van der Waals surface area contributed by atoms with Gasteiger partial charge < -0.3 is 5.32 Å². The van der Waals surface area contributed by atoms with Crippen LogP contribution in [0.15, 0.2) is 34.3 Å². The normalized spacial score (nSPS) is 18.0. The molecule has 0 heterocycles. The topological polar surface area (TPSA) is 12.0 Å². The molecule has 98 valence electrons. The number of halogens is 1. The van der Waals surface area contributed by atoms with Crippen molar-refractivity contribution in [2.75, 3.05) is 13.6 Å². The largest absolute Gasteiger partial charge is 0.316 e. The average Bonchev–Trinajstić information content (AvgIpc) is 2.42. The van der Waals surface area contributed by atoms with Crippen LogP contribution in [0.2, 0.25) is 0 Å². The minimum Gasteiger partial charge on any atom is -0.316 e. The molecule has 0 atom stereocenters. The van der Waals surface area contributed by atoms with Gasteiger partial charge in [0.2, 0.25) is 0 Å². The lowest BCUT2D eigenvalue weighted by atomic mass is 9.83. The molecule has 0 amide bonds. The number of hydrogen-bond donors (Lipinski definition) is 1. The molecule has 18 heavy (non-hydrogen) atoms. The van der Waals surface area contributed by atoms with Crippen molar-refractivity contribution in [3.8, 4) is 0 Å². The third kappa shape index (κ3) is 3.69. The Balaban J connectivity index is 2.20. The fourth-order valence-corrected chi connectivity index (χ4v) is 3.18. The summed E-state index contributed by atoms with van der Waals surface area (Å²) < 4.78 is 1.19. The highest BCUT2D eigenvalue weighted by Crippen LogP contribution is 2.31. The van der Waals surface area contributed by atoms with Crippen molar-refractivity contribution in [2.45, 2.75) is 32.1 Å². The second kappa shape index (κ2) is 7.10. The molecule has 1 saturated carbocycles. The predicted octanol–water partition coefficient (Wildman–Crippen LogP) is 4.63. The SMILES string of the molecule is CNCC(=Cc1ccccc1Br)C1CCCCC1. The highest BCUT2D eigenvalue weighted by Gasteiger charge is 2.17. The van der Waals surface area contributed by atoms with Gasteiger partial charge in [0.15, 0.2) is 0 Å². The summed E-state index contributed by atoms with van der Waals surface area (Å²) in [6, 6.07) is 8.47. The lowest BCUT2D eigenvalue weighted by Gasteiger charge is -2.24. The first kappa shape index (κ1) is 13.8. The zero-order chi connectivity index (χ0) is 12.8. The summed E-state index contributed by atoms with van der Waals surface area (Å²) in [5, 5.41) is 3.32. The van der Waals surface area contributed by atoms with Crippen LogP contribution in [0.1, 0.15) is 37.7 Å². The standard InChI is InChI=1S/C16H22BrN/c1-18-12-15(13-7-3-2-4-8-13)11-14-9-5-6-10-16(14)17/h5-6,9-11,13,18H,2-4,7-8,12H2,1H3. The van der Waals surface area contributed by atoms with Crippen LogP contribution in [0.25, 0.3) is 6.08 Å². The summed E-state index contributed by atoms with van der Waals surface area (Å²) in [6.07, 6.45) is 9.29. The summed E-state index contributed by atoms with van der Waals surface area (Å²) >= 11 is 3.63. The molecule has 0 aromatic heterocycles. The fraction of sp³-hybridized carbons (Fsp3) is 0.500. The lowest BCUT2D eigenvalue weighted by Crippen LogP contribution is -2.19. The van der Waals surface area contributed by atoms with Gasteiger partial charge in [-0.2, -0.15) is 0 Å². The van der Waals surface area contributed by atoms with E-state index in [1.807, 2.05) is 7.05 Å². The Hall–Kier alpha value is -0.600. The van der Waals surface area contributed by atoms with Crippen molar-refractivity contribution in [1.29, 1.82) is 0 Å². The zero-order valence-corrected chi connectivity index (χ0v) is 12.7. The highest BCUT2D eigenvalue weighted by molar-refractivity contribution is 9.10. The molecule has 1 aliphatic rings. The smallest absolute Gasteiger partial charge is 0.0247 e. The predicted molar refractivity (Wildman–Crippen MR) is 82.6 cm³/mol. The summed E-state index contributed by atoms with van der Waals surface area (Å²) in [6.45, 7) is 1.01. The molecule has 0 unspecified atom stereocenters. The third-order valence-corrected chi connectivity index (χ3v) is 4.48. The Labute approximate surface area is 119 Å². The molecule has 1 aromatic rings. The molecular weight excluding hydrogens is 286 g/mol. The minimum atomic E-state index is 0.776. The van der Waals surface area contributed by atoms with Gasteiger partial charge in [-0.05, 0) is 37.4 Å². The van der Waals surface area contributed by atoms with E-state index in [1.54, 1.807) is 5.57 Å². The molecule has 1 N–H and O–H groups in total. The van der Waals surface area contributed by atoms with Gasteiger partial charge in [-0.1, -0.05) is 65.0 Å². The quantitative estimate of drug-likeness (QED) is 0.855. The van der Waals surface area contributed by atoms with Crippen molar-refractivity contribution in [3.63, 3.8) is 0 Å². The van der Waals surface area contributed by atoms with Crippen molar-refractivity contribution < 1.29 is 0 Å². The van der Waals surface area contributed by atoms with Crippen LogP contribution in [0, 0.1) is 5.92 Å². The number of nitrogens with one attached hydrogen (secondary N) is 1. The van der Waals surface area contributed by atoms with E-state index < -0.39 is 0 Å². The van der Waals surface area contributed by atoms with E-state index in [2.05, 4.69) is 51.6 Å². The monoisotopic (exact) mass is 307 g/mol. The van der Waals surface area contributed by atoms with Gasteiger partial charge in [0, 0.05) is 11.0 Å². The van der Waals surface area contributed by atoms with Gasteiger partial charge >= 0.3 is 0 Å². The second-order valence-corrected chi connectivity index (χ2v) is 5.96. The molecule has 1 nitrogen and oxygen atoms in total. The Bertz CT molecular complexity index is 405. The van der Waals surface area contributed by atoms with Crippen LogP contribution in [-0.4, -0.2) is 13.6 Å². The molecule has 0 spiro atoms. The Morgan fingerprint density at radius 1 is 1.28 bits per heavy atom. The van der Waals surface area contributed by atoms with Gasteiger partial charge in [0.05, 0.1) is 0 Å². The van der Waals surface area contributed by atoms with Gasteiger partial charge in [-0.15, -0.1) is 0 Å². The Kier molecular flexibility index (Phi) is 5.45. The summed E-state index contributed by atoms with van der Waals surface area (Å²) in [5.74, 6) is 0.776. The lowest BCUT2D eigenvalue weighted by molar-refractivity contribution is 0.398. The summed E-state index contributed by atoms with van der Waals surface area (Å²) in [4.78, 5) is 0. The van der Waals surface area contributed by atoms with Crippen molar-refractivity contribution in [3.05, 3.63) is 39.9 Å². The number of rotatable bonds is 4. The number of hydrogen-bond acceptors (Lipinski definition) is 1. The molecule has 0 bridgehead atoms. The molecule has 2 rings (SSSR count). The number of likely N-dealkylation sites (N-methyl/N-ethyl adjacent to an activating group) is 1. The Morgan fingerprint density at radius 3 is 2.67 bits per heavy atom. The maximum Gasteiger partial charge on any atom is 0.0247 e. The summed E-state index contributed by atoms with van der Waals surface area (Å²) in [7, 11) is 2.04. The molecule has 1 aliphatic carbocycles. The van der Waals surface area contributed by atoms with Crippen molar-refractivity contribution >= 4 is 22.0 Å². The summed E-state index contributed by atoms with van der Waals surface area (Å²) in [5.41, 5.74) is 2.86. The zero-order valence-electron chi connectivity index (χ0n) is 11.1. The van der Waals surface area contributed by atoms with Gasteiger partial charge in [-0.25, -0.2) is 0 Å². The second-order valence-electron chi connectivity index (χ2n) is 5.11. The van der Waals surface area contributed by atoms with E-state index in [1.165, 1.54) is 42.1 Å². The van der Waals surface area contributed by atoms with Crippen LogP contribution in [0.3, 0.4) is 0 Å². The molecule has 2 heteroatoms. The van der Waals surface area contributed by atoms with Gasteiger partial charge in [0.25, 0.3) is 0 Å². The van der Waals surface area contributed by atoms with E-state index in [-0.39, 0.29) is 0 Å². The maximum atomic E-state index is 3.63.